The van der Waals surface area contributed by atoms with Gasteiger partial charge in [-0.2, -0.15) is 0 Å². The van der Waals surface area contributed by atoms with E-state index in [2.05, 4.69) is 31.0 Å². The normalized spacial score (nSPS) is 17.1. The summed E-state index contributed by atoms with van der Waals surface area (Å²) in [6, 6.07) is 10.3. The molecule has 3 N–H and O–H groups in total. The second-order valence-electron chi connectivity index (χ2n) is 5.52. The minimum Gasteiger partial charge on any atom is -0.344 e. The minimum atomic E-state index is -0.198. The zero-order valence-electron chi connectivity index (χ0n) is 10.9. The van der Waals surface area contributed by atoms with Crippen LogP contribution in [0.25, 0.3) is 11.3 Å². The molecule has 1 aromatic carbocycles. The van der Waals surface area contributed by atoms with E-state index in [1.807, 2.05) is 18.2 Å². The van der Waals surface area contributed by atoms with E-state index in [0.717, 1.165) is 29.9 Å². The SMILES string of the molecule is CC(C)c1[nH]c(C2(N)CC2)nc1-c1ccccc1. The number of rotatable bonds is 3. The highest BCUT2D eigenvalue weighted by molar-refractivity contribution is 5.63. The van der Waals surface area contributed by atoms with Gasteiger partial charge in [0, 0.05) is 11.3 Å². The predicted molar refractivity (Wildman–Crippen MR) is 73.2 cm³/mol. The highest BCUT2D eigenvalue weighted by Gasteiger charge is 2.43. The summed E-state index contributed by atoms with van der Waals surface area (Å²) in [5.41, 5.74) is 9.44. The third-order valence-electron chi connectivity index (χ3n) is 3.62. The fourth-order valence-corrected chi connectivity index (χ4v) is 2.23. The summed E-state index contributed by atoms with van der Waals surface area (Å²) in [7, 11) is 0. The Morgan fingerprint density at radius 1 is 1.22 bits per heavy atom. The maximum Gasteiger partial charge on any atom is 0.127 e. The lowest BCUT2D eigenvalue weighted by Gasteiger charge is -2.05. The van der Waals surface area contributed by atoms with Crippen molar-refractivity contribution in [3.63, 3.8) is 0 Å². The number of hydrogen-bond donors (Lipinski definition) is 2. The second kappa shape index (κ2) is 3.95. The van der Waals surface area contributed by atoms with Crippen LogP contribution in [0.1, 0.15) is 44.1 Å². The fourth-order valence-electron chi connectivity index (χ4n) is 2.23. The Morgan fingerprint density at radius 2 is 1.89 bits per heavy atom. The van der Waals surface area contributed by atoms with Gasteiger partial charge >= 0.3 is 0 Å². The third-order valence-corrected chi connectivity index (χ3v) is 3.62. The van der Waals surface area contributed by atoms with E-state index < -0.39 is 0 Å². The van der Waals surface area contributed by atoms with Crippen LogP contribution in [0.3, 0.4) is 0 Å². The number of nitrogens with one attached hydrogen (secondary N) is 1. The summed E-state index contributed by atoms with van der Waals surface area (Å²) in [5.74, 6) is 1.37. The molecule has 1 saturated carbocycles. The Morgan fingerprint density at radius 3 is 2.44 bits per heavy atom. The van der Waals surface area contributed by atoms with E-state index in [4.69, 9.17) is 10.7 Å². The van der Waals surface area contributed by atoms with E-state index in [0.29, 0.717) is 5.92 Å². The molecule has 0 spiro atoms. The third kappa shape index (κ3) is 1.85. The largest absolute Gasteiger partial charge is 0.344 e. The molecular formula is C15H19N3. The van der Waals surface area contributed by atoms with Crippen LogP contribution in [0.4, 0.5) is 0 Å². The molecule has 3 rings (SSSR count). The molecule has 0 amide bonds. The average Bonchev–Trinajstić information content (AvgIpc) is 2.96. The molecular weight excluding hydrogens is 222 g/mol. The van der Waals surface area contributed by atoms with Gasteiger partial charge < -0.3 is 10.7 Å². The van der Waals surface area contributed by atoms with Gasteiger partial charge in [-0.25, -0.2) is 4.98 Å². The van der Waals surface area contributed by atoms with Crippen LogP contribution in [0.2, 0.25) is 0 Å². The van der Waals surface area contributed by atoms with Gasteiger partial charge in [0.15, 0.2) is 0 Å². The summed E-state index contributed by atoms with van der Waals surface area (Å²) < 4.78 is 0. The number of benzene rings is 1. The number of aromatic nitrogens is 2. The topological polar surface area (TPSA) is 54.7 Å². The van der Waals surface area contributed by atoms with Crippen LogP contribution >= 0.6 is 0 Å². The maximum atomic E-state index is 6.23. The zero-order valence-corrected chi connectivity index (χ0v) is 10.9. The van der Waals surface area contributed by atoms with Crippen LogP contribution in [-0.4, -0.2) is 9.97 Å². The molecule has 94 valence electrons. The molecule has 2 aromatic rings. The maximum absolute atomic E-state index is 6.23. The minimum absolute atomic E-state index is 0.198. The van der Waals surface area contributed by atoms with Crippen molar-refractivity contribution in [2.24, 2.45) is 5.73 Å². The first-order chi connectivity index (χ1) is 8.60. The molecule has 1 aliphatic carbocycles. The molecule has 1 aromatic heterocycles. The summed E-state index contributed by atoms with van der Waals surface area (Å²) >= 11 is 0. The molecule has 3 heteroatoms. The van der Waals surface area contributed by atoms with Crippen LogP contribution in [0.5, 0.6) is 0 Å². The molecule has 0 radical (unpaired) electrons. The van der Waals surface area contributed by atoms with Gasteiger partial charge in [0.25, 0.3) is 0 Å². The highest BCUT2D eigenvalue weighted by atomic mass is 15.0. The lowest BCUT2D eigenvalue weighted by molar-refractivity contribution is 0.678. The van der Waals surface area contributed by atoms with Crippen LogP contribution in [0, 0.1) is 0 Å². The lowest BCUT2D eigenvalue weighted by Crippen LogP contribution is -2.20. The Labute approximate surface area is 107 Å². The van der Waals surface area contributed by atoms with Gasteiger partial charge in [0.1, 0.15) is 5.82 Å². The summed E-state index contributed by atoms with van der Waals surface area (Å²) in [5, 5.41) is 0. The first kappa shape index (κ1) is 11.5. The van der Waals surface area contributed by atoms with Crippen molar-refractivity contribution in [2.45, 2.75) is 38.1 Å². The first-order valence-corrected chi connectivity index (χ1v) is 6.55. The number of imidazole rings is 1. The molecule has 0 bridgehead atoms. The quantitative estimate of drug-likeness (QED) is 0.867. The van der Waals surface area contributed by atoms with E-state index in [9.17, 15) is 0 Å². The highest BCUT2D eigenvalue weighted by Crippen LogP contribution is 2.42. The Bertz CT molecular complexity index is 550. The van der Waals surface area contributed by atoms with Gasteiger partial charge in [-0.3, -0.25) is 0 Å². The van der Waals surface area contributed by atoms with Crippen molar-refractivity contribution in [3.05, 3.63) is 41.9 Å². The van der Waals surface area contributed by atoms with Crippen molar-refractivity contribution in [1.29, 1.82) is 0 Å². The van der Waals surface area contributed by atoms with Gasteiger partial charge in [0.05, 0.1) is 11.2 Å². The molecule has 0 unspecified atom stereocenters. The van der Waals surface area contributed by atoms with Gasteiger partial charge in [-0.1, -0.05) is 44.2 Å². The molecule has 0 aliphatic heterocycles. The zero-order chi connectivity index (χ0) is 12.8. The monoisotopic (exact) mass is 241 g/mol. The van der Waals surface area contributed by atoms with Crippen LogP contribution in [-0.2, 0) is 5.54 Å². The van der Waals surface area contributed by atoms with Crippen LogP contribution in [0.15, 0.2) is 30.3 Å². The van der Waals surface area contributed by atoms with Crippen LogP contribution < -0.4 is 5.73 Å². The van der Waals surface area contributed by atoms with E-state index in [1.165, 1.54) is 5.69 Å². The molecule has 1 fully saturated rings. The Hall–Kier alpha value is -1.61. The van der Waals surface area contributed by atoms with Crippen molar-refractivity contribution in [1.82, 2.24) is 9.97 Å². The fraction of sp³-hybridized carbons (Fsp3) is 0.400. The summed E-state index contributed by atoms with van der Waals surface area (Å²) in [6.45, 7) is 4.36. The molecule has 1 aliphatic rings. The Balaban J connectivity index is 2.10. The lowest BCUT2D eigenvalue weighted by atomic mass is 10.0. The van der Waals surface area contributed by atoms with Gasteiger partial charge in [-0.05, 0) is 18.8 Å². The number of H-pyrrole nitrogens is 1. The Kier molecular flexibility index (Phi) is 2.52. The number of hydrogen-bond acceptors (Lipinski definition) is 2. The van der Waals surface area contributed by atoms with E-state index >= 15 is 0 Å². The van der Waals surface area contributed by atoms with Gasteiger partial charge in [-0.15, -0.1) is 0 Å². The molecule has 18 heavy (non-hydrogen) atoms. The molecule has 0 atom stereocenters. The molecule has 3 nitrogen and oxygen atoms in total. The van der Waals surface area contributed by atoms with E-state index in [1.54, 1.807) is 0 Å². The number of aromatic amines is 1. The predicted octanol–water partition coefficient (Wildman–Crippen LogP) is 3.15. The average molecular weight is 241 g/mol. The number of nitrogens with zero attached hydrogens (tertiary/aromatic N) is 1. The number of nitrogens with two attached hydrogens (primary N) is 1. The van der Waals surface area contributed by atoms with Crippen molar-refractivity contribution >= 4 is 0 Å². The summed E-state index contributed by atoms with van der Waals surface area (Å²) in [6.07, 6.45) is 2.07. The van der Waals surface area contributed by atoms with Crippen molar-refractivity contribution in [2.75, 3.05) is 0 Å². The summed E-state index contributed by atoms with van der Waals surface area (Å²) in [4.78, 5) is 8.20. The van der Waals surface area contributed by atoms with Gasteiger partial charge in [0.2, 0.25) is 0 Å². The molecule has 0 saturated heterocycles. The second-order valence-corrected chi connectivity index (χ2v) is 5.52. The van der Waals surface area contributed by atoms with E-state index in [-0.39, 0.29) is 5.54 Å². The first-order valence-electron chi connectivity index (χ1n) is 6.55. The smallest absolute Gasteiger partial charge is 0.127 e. The molecule has 1 heterocycles. The standard InChI is InChI=1S/C15H19N3/c1-10(2)12-13(11-6-4-3-5-7-11)18-14(17-12)15(16)8-9-15/h3-7,10H,8-9,16H2,1-2H3,(H,17,18). The van der Waals surface area contributed by atoms with Crippen molar-refractivity contribution < 1.29 is 0 Å². The van der Waals surface area contributed by atoms with Crippen molar-refractivity contribution in [3.8, 4) is 11.3 Å².